The Morgan fingerprint density at radius 2 is 1.88 bits per heavy atom. The Balaban J connectivity index is 1.24. The van der Waals surface area contributed by atoms with Crippen LogP contribution in [-0.2, 0) is 11.5 Å². The molecule has 9 nitrogen and oxygen atoms in total. The first kappa shape index (κ1) is 26.9. The smallest absolute Gasteiger partial charge is 0.148 e. The van der Waals surface area contributed by atoms with Crippen LogP contribution in [0.15, 0.2) is 48.9 Å². The molecule has 1 aliphatic carbocycles. The van der Waals surface area contributed by atoms with Gasteiger partial charge in [-0.2, -0.15) is 5.10 Å². The Bertz CT molecular complexity index is 1690. The van der Waals surface area contributed by atoms with Gasteiger partial charge in [0.1, 0.15) is 34.6 Å². The molecule has 0 saturated heterocycles. The maximum absolute atomic E-state index is 9.62. The van der Waals surface area contributed by atoms with Gasteiger partial charge in [-0.3, -0.25) is 9.67 Å². The number of imidazole rings is 1. The Kier molecular flexibility index (Phi) is 7.12. The van der Waals surface area contributed by atoms with E-state index >= 15 is 0 Å². The van der Waals surface area contributed by atoms with Crippen LogP contribution in [0.2, 0.25) is 30.7 Å². The van der Waals surface area contributed by atoms with Crippen LogP contribution in [0.1, 0.15) is 24.7 Å². The zero-order valence-electron chi connectivity index (χ0n) is 23.1. The number of aliphatic hydroxyl groups excluding tert-OH is 1. The lowest BCUT2D eigenvalue weighted by Crippen LogP contribution is -2.30. The molecular formula is C29H33ClN6O3Si. The van der Waals surface area contributed by atoms with E-state index in [1.54, 1.807) is 12.4 Å². The monoisotopic (exact) mass is 576 g/mol. The highest BCUT2D eigenvalue weighted by atomic mass is 35.5. The number of hydrogen-bond acceptors (Lipinski definition) is 7. The fraction of sp³-hybridized carbons (Fsp3) is 0.379. The number of aliphatic hydroxyl groups is 1. The molecule has 0 amide bonds. The number of nitrogens with zero attached hydrogens (tertiary/aromatic N) is 6. The van der Waals surface area contributed by atoms with Crippen LogP contribution in [0.25, 0.3) is 33.3 Å². The van der Waals surface area contributed by atoms with Crippen LogP contribution in [0.5, 0.6) is 11.5 Å². The van der Waals surface area contributed by atoms with E-state index in [0.717, 1.165) is 47.9 Å². The predicted molar refractivity (Wildman–Crippen MR) is 159 cm³/mol. The minimum Gasteiger partial charge on any atom is -0.456 e. The van der Waals surface area contributed by atoms with Crippen molar-refractivity contribution in [3.8, 4) is 22.8 Å². The lowest BCUT2D eigenvalue weighted by Gasteiger charge is -2.31. The minimum atomic E-state index is -1.16. The van der Waals surface area contributed by atoms with Crippen molar-refractivity contribution < 1.29 is 14.6 Å². The van der Waals surface area contributed by atoms with Crippen molar-refractivity contribution in [2.24, 2.45) is 0 Å². The summed E-state index contributed by atoms with van der Waals surface area (Å²) in [4.78, 5) is 14.1. The molecule has 5 aromatic rings. The highest BCUT2D eigenvalue weighted by molar-refractivity contribution is 6.76. The van der Waals surface area contributed by atoms with Crippen molar-refractivity contribution in [1.82, 2.24) is 29.3 Å². The Hall–Kier alpha value is -3.31. The largest absolute Gasteiger partial charge is 0.456 e. The maximum Gasteiger partial charge on any atom is 0.148 e. The van der Waals surface area contributed by atoms with Gasteiger partial charge in [0.15, 0.2) is 0 Å². The molecule has 208 valence electrons. The number of aryl methyl sites for hydroxylation is 1. The van der Waals surface area contributed by atoms with Gasteiger partial charge in [0, 0.05) is 32.5 Å². The SMILES string of the molecule is Cc1nc2ccc(Oc3ccc4ncc(-c5cnn(C6CC(O)C6)c5)nc4c3Cl)cc2n1COCC[Si](C)(C)C. The summed E-state index contributed by atoms with van der Waals surface area (Å²) in [6, 6.07) is 10.8. The summed E-state index contributed by atoms with van der Waals surface area (Å²) >= 11 is 6.82. The lowest BCUT2D eigenvalue weighted by atomic mass is 9.90. The standard InChI is InChI=1S/C29H33ClN6O3Si/c1-18-33-23-6-5-22(13-26(23)35(18)17-38-9-10-40(2,3)4)39-27-8-7-24-29(28(27)30)34-25(15-31-24)19-14-32-36(16-19)20-11-21(37)12-20/h5-8,13-16,20-21,37H,9-12,17H2,1-4H3. The van der Waals surface area contributed by atoms with Crippen molar-refractivity contribution in [2.45, 2.75) is 64.3 Å². The van der Waals surface area contributed by atoms with Crippen molar-refractivity contribution in [3.63, 3.8) is 0 Å². The number of fused-ring (bicyclic) bond motifs is 2. The average molecular weight is 577 g/mol. The van der Waals surface area contributed by atoms with Gasteiger partial charge in [-0.1, -0.05) is 31.2 Å². The average Bonchev–Trinajstić information content (AvgIpc) is 3.50. The molecule has 1 saturated carbocycles. The molecule has 1 N–H and O–H groups in total. The molecule has 11 heteroatoms. The van der Waals surface area contributed by atoms with Crippen molar-refractivity contribution in [3.05, 3.63) is 59.8 Å². The minimum absolute atomic E-state index is 0.218. The summed E-state index contributed by atoms with van der Waals surface area (Å²) in [7, 11) is -1.16. The second-order valence-electron chi connectivity index (χ2n) is 11.7. The van der Waals surface area contributed by atoms with E-state index in [1.165, 1.54) is 0 Å². The zero-order valence-corrected chi connectivity index (χ0v) is 24.9. The summed E-state index contributed by atoms with van der Waals surface area (Å²) in [6.07, 6.45) is 6.62. The number of halogens is 1. The Morgan fingerprint density at radius 3 is 2.65 bits per heavy atom. The lowest BCUT2D eigenvalue weighted by molar-refractivity contribution is 0.0434. The number of ether oxygens (including phenoxy) is 2. The van der Waals surface area contributed by atoms with Crippen LogP contribution < -0.4 is 4.74 Å². The topological polar surface area (TPSA) is 100 Å². The molecule has 0 atom stereocenters. The normalized spacial score (nSPS) is 17.4. The first-order valence-electron chi connectivity index (χ1n) is 13.5. The molecule has 3 aromatic heterocycles. The van der Waals surface area contributed by atoms with Crippen LogP contribution in [0.4, 0.5) is 0 Å². The summed E-state index contributed by atoms with van der Waals surface area (Å²) in [5.74, 6) is 2.03. The summed E-state index contributed by atoms with van der Waals surface area (Å²) in [5, 5.41) is 14.5. The van der Waals surface area contributed by atoms with Crippen LogP contribution in [0.3, 0.4) is 0 Å². The van der Waals surface area contributed by atoms with E-state index < -0.39 is 8.07 Å². The summed E-state index contributed by atoms with van der Waals surface area (Å²) in [5.41, 5.74) is 4.58. The molecule has 0 unspecified atom stereocenters. The van der Waals surface area contributed by atoms with Gasteiger partial charge in [-0.25, -0.2) is 9.97 Å². The molecule has 3 heterocycles. The Morgan fingerprint density at radius 1 is 1.07 bits per heavy atom. The molecule has 6 rings (SSSR count). The fourth-order valence-corrected chi connectivity index (χ4v) is 5.80. The quantitative estimate of drug-likeness (QED) is 0.156. The van der Waals surface area contributed by atoms with Gasteiger partial charge in [-0.05, 0) is 50.1 Å². The maximum atomic E-state index is 9.62. The number of aromatic nitrogens is 6. The molecule has 1 fully saturated rings. The highest BCUT2D eigenvalue weighted by Crippen LogP contribution is 2.37. The molecular weight excluding hydrogens is 544 g/mol. The number of benzene rings is 2. The molecule has 2 aromatic carbocycles. The molecule has 0 aliphatic heterocycles. The fourth-order valence-electron chi connectivity index (χ4n) is 4.80. The third-order valence-corrected chi connectivity index (χ3v) is 9.40. The van der Waals surface area contributed by atoms with Gasteiger partial charge in [-0.15, -0.1) is 0 Å². The first-order valence-corrected chi connectivity index (χ1v) is 17.6. The molecule has 0 radical (unpaired) electrons. The van der Waals surface area contributed by atoms with E-state index in [0.29, 0.717) is 40.0 Å². The highest BCUT2D eigenvalue weighted by Gasteiger charge is 2.29. The van der Waals surface area contributed by atoms with E-state index in [1.807, 2.05) is 48.1 Å². The van der Waals surface area contributed by atoms with E-state index in [4.69, 9.17) is 26.1 Å². The van der Waals surface area contributed by atoms with E-state index in [2.05, 4.69) is 39.3 Å². The van der Waals surface area contributed by atoms with E-state index in [9.17, 15) is 5.11 Å². The van der Waals surface area contributed by atoms with Crippen molar-refractivity contribution in [1.29, 1.82) is 0 Å². The predicted octanol–water partition coefficient (Wildman–Crippen LogP) is 6.61. The zero-order chi connectivity index (χ0) is 28.0. The van der Waals surface area contributed by atoms with Gasteiger partial charge in [0.2, 0.25) is 0 Å². The second-order valence-corrected chi connectivity index (χ2v) is 17.7. The van der Waals surface area contributed by atoms with Crippen LogP contribution >= 0.6 is 11.6 Å². The van der Waals surface area contributed by atoms with Gasteiger partial charge < -0.3 is 19.1 Å². The third kappa shape index (κ3) is 5.49. The number of rotatable bonds is 9. The summed E-state index contributed by atoms with van der Waals surface area (Å²) < 4.78 is 16.2. The molecule has 40 heavy (non-hydrogen) atoms. The number of hydrogen-bond donors (Lipinski definition) is 1. The Labute approximate surface area is 238 Å². The van der Waals surface area contributed by atoms with Gasteiger partial charge >= 0.3 is 0 Å². The second kappa shape index (κ2) is 10.6. The van der Waals surface area contributed by atoms with Crippen LogP contribution in [-0.4, -0.2) is 55.2 Å². The third-order valence-electron chi connectivity index (χ3n) is 7.33. The first-order chi connectivity index (χ1) is 19.1. The van der Waals surface area contributed by atoms with Crippen molar-refractivity contribution >= 4 is 41.7 Å². The van der Waals surface area contributed by atoms with E-state index in [-0.39, 0.29) is 12.1 Å². The van der Waals surface area contributed by atoms with Gasteiger partial charge in [0.05, 0.1) is 46.8 Å². The van der Waals surface area contributed by atoms with Crippen molar-refractivity contribution in [2.75, 3.05) is 6.61 Å². The molecule has 0 spiro atoms. The van der Waals surface area contributed by atoms with Gasteiger partial charge in [0.25, 0.3) is 0 Å². The molecule has 1 aliphatic rings. The molecule has 0 bridgehead atoms. The van der Waals surface area contributed by atoms with Crippen LogP contribution in [0, 0.1) is 6.92 Å². The summed E-state index contributed by atoms with van der Waals surface area (Å²) in [6.45, 7) is 10.2.